The first-order valence-electron chi connectivity index (χ1n) is 7.12. The van der Waals surface area contributed by atoms with E-state index in [1.54, 1.807) is 12.3 Å². The number of phenols is 1. The van der Waals surface area contributed by atoms with E-state index in [0.29, 0.717) is 5.52 Å². The molecule has 0 spiro atoms. The first kappa shape index (κ1) is 20.6. The lowest BCUT2D eigenvalue weighted by atomic mass is 10.0. The zero-order chi connectivity index (χ0) is 14.4. The minimum atomic E-state index is 0. The van der Waals surface area contributed by atoms with Gasteiger partial charge in [-0.3, -0.25) is 4.98 Å². The van der Waals surface area contributed by atoms with E-state index in [4.69, 9.17) is 5.11 Å². The summed E-state index contributed by atoms with van der Waals surface area (Å²) in [7, 11) is 0. The minimum Gasteiger partial charge on any atom is -0.506 e. The molecule has 2 rings (SSSR count). The second-order valence-corrected chi connectivity index (χ2v) is 5.14. The highest BCUT2D eigenvalue weighted by Crippen LogP contribution is 2.26. The van der Waals surface area contributed by atoms with Crippen molar-refractivity contribution in [3.8, 4) is 5.75 Å². The molecular formula is C16H25ClN2O3. The molecule has 1 heterocycles. The minimum absolute atomic E-state index is 0. The number of hydrogen-bond acceptors (Lipinski definition) is 4. The smallest absolute Gasteiger partial charge is 0.141 e. The van der Waals surface area contributed by atoms with E-state index in [9.17, 15) is 5.11 Å². The normalized spacial score (nSPS) is 11.5. The molecule has 0 aliphatic carbocycles. The molecule has 1 aromatic carbocycles. The Morgan fingerprint density at radius 2 is 2.00 bits per heavy atom. The average Bonchev–Trinajstić information content (AvgIpc) is 2.49. The molecule has 5 nitrogen and oxygen atoms in total. The number of aryl methyl sites for hydroxylation is 1. The third-order valence-electron chi connectivity index (χ3n) is 3.48. The number of pyridine rings is 1. The molecule has 0 fully saturated rings. The third kappa shape index (κ3) is 5.42. The first-order chi connectivity index (χ1) is 9.72. The van der Waals surface area contributed by atoms with E-state index in [1.807, 2.05) is 25.1 Å². The number of aliphatic hydroxyl groups is 1. The number of nitrogens with zero attached hydrogens (tertiary/aromatic N) is 1. The molecule has 0 aliphatic heterocycles. The van der Waals surface area contributed by atoms with Crippen molar-refractivity contribution in [2.45, 2.75) is 32.2 Å². The van der Waals surface area contributed by atoms with Gasteiger partial charge in [0, 0.05) is 17.6 Å². The quantitative estimate of drug-likeness (QED) is 0.675. The van der Waals surface area contributed by atoms with Crippen molar-refractivity contribution in [2.75, 3.05) is 13.2 Å². The Balaban J connectivity index is 0.00000220. The molecular weight excluding hydrogens is 304 g/mol. The fourth-order valence-corrected chi connectivity index (χ4v) is 2.29. The van der Waals surface area contributed by atoms with Gasteiger partial charge in [-0.05, 0) is 50.4 Å². The summed E-state index contributed by atoms with van der Waals surface area (Å²) < 4.78 is 0. The Bertz CT molecular complexity index is 566. The van der Waals surface area contributed by atoms with Crippen LogP contribution in [0.5, 0.6) is 5.75 Å². The van der Waals surface area contributed by atoms with Crippen LogP contribution in [0.4, 0.5) is 0 Å². The molecule has 0 bridgehead atoms. The van der Waals surface area contributed by atoms with Crippen molar-refractivity contribution in [1.82, 2.24) is 10.3 Å². The van der Waals surface area contributed by atoms with Gasteiger partial charge in [0.15, 0.2) is 0 Å². The molecule has 6 heteroatoms. The number of fused-ring (bicyclic) bond motifs is 1. The maximum Gasteiger partial charge on any atom is 0.141 e. The van der Waals surface area contributed by atoms with Crippen molar-refractivity contribution in [2.24, 2.45) is 0 Å². The number of aromatic nitrogens is 1. The van der Waals surface area contributed by atoms with Gasteiger partial charge in [0.25, 0.3) is 0 Å². The fourth-order valence-electron chi connectivity index (χ4n) is 2.29. The largest absolute Gasteiger partial charge is 0.506 e. The number of aromatic hydroxyl groups is 1. The fraction of sp³-hybridized carbons (Fsp3) is 0.438. The summed E-state index contributed by atoms with van der Waals surface area (Å²) in [5, 5.41) is 23.0. The van der Waals surface area contributed by atoms with E-state index >= 15 is 0 Å². The number of rotatable bonds is 7. The Labute approximate surface area is 137 Å². The molecule has 0 aliphatic rings. The molecule has 1 unspecified atom stereocenters. The van der Waals surface area contributed by atoms with Crippen molar-refractivity contribution in [3.05, 3.63) is 36.0 Å². The van der Waals surface area contributed by atoms with Gasteiger partial charge in [-0.15, -0.1) is 12.4 Å². The molecule has 22 heavy (non-hydrogen) atoms. The van der Waals surface area contributed by atoms with Gasteiger partial charge >= 0.3 is 0 Å². The number of unbranched alkanes of at least 4 members (excludes halogenated alkanes) is 1. The molecule has 0 saturated heterocycles. The number of nitrogens with one attached hydrogen (secondary N) is 1. The maximum absolute atomic E-state index is 9.80. The lowest BCUT2D eigenvalue weighted by Crippen LogP contribution is -2.30. The Hall–Kier alpha value is -1.40. The van der Waals surface area contributed by atoms with Crippen LogP contribution in [-0.2, 0) is 6.42 Å². The average molecular weight is 329 g/mol. The van der Waals surface area contributed by atoms with Crippen molar-refractivity contribution in [3.63, 3.8) is 0 Å². The van der Waals surface area contributed by atoms with Gasteiger partial charge in [-0.25, -0.2) is 0 Å². The number of aliphatic hydroxyl groups excluding tert-OH is 1. The highest BCUT2D eigenvalue weighted by atomic mass is 35.5. The Morgan fingerprint density at radius 1 is 1.23 bits per heavy atom. The Kier molecular flexibility index (Phi) is 9.69. The predicted octanol–water partition coefficient (Wildman–Crippen LogP) is 1.83. The van der Waals surface area contributed by atoms with Crippen LogP contribution in [0.25, 0.3) is 10.9 Å². The standard InChI is InChI=1S/C16H22N2O2.ClH.H2O/c1-12(11-19)17-9-3-2-5-13-7-8-15(20)16-14(13)6-4-10-18-16;;/h4,6-8,10,12,17,19-20H,2-3,5,9,11H2,1H3;1H;1H2. The van der Waals surface area contributed by atoms with E-state index in [1.165, 1.54) is 5.56 Å². The van der Waals surface area contributed by atoms with Crippen LogP contribution < -0.4 is 5.32 Å². The summed E-state index contributed by atoms with van der Waals surface area (Å²) in [4.78, 5) is 4.23. The third-order valence-corrected chi connectivity index (χ3v) is 3.48. The topological polar surface area (TPSA) is 96.9 Å². The zero-order valence-electron chi connectivity index (χ0n) is 12.7. The van der Waals surface area contributed by atoms with E-state index < -0.39 is 0 Å². The lowest BCUT2D eigenvalue weighted by Gasteiger charge is -2.11. The summed E-state index contributed by atoms with van der Waals surface area (Å²) in [6, 6.07) is 7.76. The number of phenolic OH excluding ortho intramolecular Hbond substituents is 1. The monoisotopic (exact) mass is 328 g/mol. The summed E-state index contributed by atoms with van der Waals surface area (Å²) in [6.07, 6.45) is 4.80. The van der Waals surface area contributed by atoms with Crippen LogP contribution in [0.2, 0.25) is 0 Å². The highest BCUT2D eigenvalue weighted by Gasteiger charge is 2.05. The van der Waals surface area contributed by atoms with Crippen LogP contribution in [0.15, 0.2) is 30.5 Å². The molecule has 124 valence electrons. The lowest BCUT2D eigenvalue weighted by molar-refractivity contribution is 0.251. The highest BCUT2D eigenvalue weighted by molar-refractivity contribution is 5.87. The predicted molar refractivity (Wildman–Crippen MR) is 91.8 cm³/mol. The molecule has 0 saturated carbocycles. The van der Waals surface area contributed by atoms with E-state index in [0.717, 1.165) is 31.2 Å². The van der Waals surface area contributed by atoms with Gasteiger partial charge in [0.05, 0.1) is 6.61 Å². The van der Waals surface area contributed by atoms with Gasteiger partial charge < -0.3 is 21.0 Å². The van der Waals surface area contributed by atoms with Crippen molar-refractivity contribution >= 4 is 23.3 Å². The number of benzene rings is 1. The number of hydrogen-bond donors (Lipinski definition) is 3. The SMILES string of the molecule is CC(CO)NCCCCc1ccc(O)c2ncccc12.Cl.O. The van der Waals surface area contributed by atoms with Crippen molar-refractivity contribution < 1.29 is 15.7 Å². The zero-order valence-corrected chi connectivity index (χ0v) is 13.6. The Morgan fingerprint density at radius 3 is 2.73 bits per heavy atom. The molecule has 1 aromatic heterocycles. The second-order valence-electron chi connectivity index (χ2n) is 5.14. The molecule has 5 N–H and O–H groups in total. The van der Waals surface area contributed by atoms with Crippen LogP contribution in [0.3, 0.4) is 0 Å². The van der Waals surface area contributed by atoms with Crippen LogP contribution in [0.1, 0.15) is 25.3 Å². The van der Waals surface area contributed by atoms with E-state index in [-0.39, 0.29) is 36.3 Å². The van der Waals surface area contributed by atoms with Gasteiger partial charge in [0.2, 0.25) is 0 Å². The van der Waals surface area contributed by atoms with E-state index in [2.05, 4.69) is 10.3 Å². The summed E-state index contributed by atoms with van der Waals surface area (Å²) >= 11 is 0. The van der Waals surface area contributed by atoms with Gasteiger partial charge in [0.1, 0.15) is 11.3 Å². The molecule has 2 aromatic rings. The summed E-state index contributed by atoms with van der Waals surface area (Å²) in [6.45, 7) is 3.06. The summed E-state index contributed by atoms with van der Waals surface area (Å²) in [5.41, 5.74) is 1.90. The second kappa shape index (κ2) is 10.3. The molecule has 0 amide bonds. The first-order valence-corrected chi connectivity index (χ1v) is 7.12. The number of halogens is 1. The summed E-state index contributed by atoms with van der Waals surface area (Å²) in [5.74, 6) is 0.239. The van der Waals surface area contributed by atoms with Crippen LogP contribution >= 0.6 is 12.4 Å². The maximum atomic E-state index is 9.80. The van der Waals surface area contributed by atoms with Crippen LogP contribution in [0, 0.1) is 0 Å². The van der Waals surface area contributed by atoms with Gasteiger partial charge in [-0.2, -0.15) is 0 Å². The molecule has 0 radical (unpaired) electrons. The molecule has 1 atom stereocenters. The van der Waals surface area contributed by atoms with Gasteiger partial charge in [-0.1, -0.05) is 12.1 Å². The van der Waals surface area contributed by atoms with Crippen LogP contribution in [-0.4, -0.2) is 39.9 Å². The van der Waals surface area contributed by atoms with Crippen molar-refractivity contribution in [1.29, 1.82) is 0 Å².